The van der Waals surface area contributed by atoms with E-state index in [0.717, 1.165) is 31.0 Å². The van der Waals surface area contributed by atoms with Gasteiger partial charge in [0.1, 0.15) is 0 Å². The van der Waals surface area contributed by atoms with Gasteiger partial charge in [-0.25, -0.2) is 0 Å². The van der Waals surface area contributed by atoms with Crippen LogP contribution < -0.4 is 10.6 Å². The normalized spacial score (nSPS) is 19.0. The van der Waals surface area contributed by atoms with E-state index in [1.54, 1.807) is 0 Å². The molecule has 0 spiro atoms. The highest BCUT2D eigenvalue weighted by atomic mass is 35.5. The highest BCUT2D eigenvalue weighted by molar-refractivity contribution is 6.32. The molecule has 1 aliphatic heterocycles. The number of hydrogen-bond donors (Lipinski definition) is 1. The Morgan fingerprint density at radius 2 is 2.25 bits per heavy atom. The van der Waals surface area contributed by atoms with Crippen molar-refractivity contribution >= 4 is 17.3 Å². The second-order valence-electron chi connectivity index (χ2n) is 4.63. The molecule has 1 aromatic carbocycles. The minimum Gasteiger partial charge on any atom is -0.373 e. The summed E-state index contributed by atoms with van der Waals surface area (Å²) < 4.78 is 0. The Balaban J connectivity index is 2.36. The first kappa shape index (κ1) is 11.7. The predicted octanol–water partition coefficient (Wildman–Crippen LogP) is 2.92. The van der Waals surface area contributed by atoms with Crippen LogP contribution in [0.4, 0.5) is 5.69 Å². The minimum atomic E-state index is 0.552. The van der Waals surface area contributed by atoms with Crippen LogP contribution in [0.3, 0.4) is 0 Å². The maximum absolute atomic E-state index is 6.32. The molecule has 0 fully saturated rings. The number of nitrogens with two attached hydrogens (primary N) is 1. The smallest absolute Gasteiger partial charge is 0.0462 e. The van der Waals surface area contributed by atoms with Crippen molar-refractivity contribution < 1.29 is 0 Å². The Bertz CT molecular complexity index is 390. The van der Waals surface area contributed by atoms with Crippen LogP contribution in [0.25, 0.3) is 0 Å². The van der Waals surface area contributed by atoms with Crippen LogP contribution in [-0.2, 0) is 0 Å². The van der Waals surface area contributed by atoms with Gasteiger partial charge in [-0.15, -0.1) is 0 Å². The lowest BCUT2D eigenvalue weighted by Gasteiger charge is -2.14. The second-order valence-corrected chi connectivity index (χ2v) is 5.04. The molecule has 16 heavy (non-hydrogen) atoms. The lowest BCUT2D eigenvalue weighted by Crippen LogP contribution is -2.16. The van der Waals surface area contributed by atoms with Crippen molar-refractivity contribution in [3.05, 3.63) is 28.3 Å². The Morgan fingerprint density at radius 1 is 1.50 bits per heavy atom. The van der Waals surface area contributed by atoms with Crippen molar-refractivity contribution in [1.29, 1.82) is 0 Å². The van der Waals surface area contributed by atoms with E-state index in [4.69, 9.17) is 17.3 Å². The van der Waals surface area contributed by atoms with Crippen molar-refractivity contribution in [2.75, 3.05) is 25.0 Å². The summed E-state index contributed by atoms with van der Waals surface area (Å²) in [6, 6.07) is 4.12. The molecule has 1 aliphatic rings. The molecule has 2 N–H and O–H groups in total. The van der Waals surface area contributed by atoms with Gasteiger partial charge in [-0.1, -0.05) is 17.7 Å². The average Bonchev–Trinajstić information content (AvgIpc) is 2.59. The summed E-state index contributed by atoms with van der Waals surface area (Å²) in [5.41, 5.74) is 9.56. The third kappa shape index (κ3) is 1.92. The second kappa shape index (κ2) is 4.64. The van der Waals surface area contributed by atoms with Crippen LogP contribution >= 0.6 is 11.6 Å². The zero-order valence-corrected chi connectivity index (χ0v) is 10.7. The topological polar surface area (TPSA) is 29.3 Å². The van der Waals surface area contributed by atoms with E-state index in [1.807, 2.05) is 6.07 Å². The molecule has 0 saturated heterocycles. The standard InChI is InChI=1S/C13H19ClN2/c1-9-5-6-11(14)12-10(4-3-7-15)8-16(2)13(9)12/h5-6,10H,3-4,7-8,15H2,1-2H3. The van der Waals surface area contributed by atoms with Crippen LogP contribution in [0, 0.1) is 6.92 Å². The number of halogens is 1. The summed E-state index contributed by atoms with van der Waals surface area (Å²) in [5.74, 6) is 0.552. The van der Waals surface area contributed by atoms with Gasteiger partial charge >= 0.3 is 0 Å². The molecule has 3 heteroatoms. The van der Waals surface area contributed by atoms with E-state index in [-0.39, 0.29) is 0 Å². The summed E-state index contributed by atoms with van der Waals surface area (Å²) in [4.78, 5) is 2.32. The molecule has 1 heterocycles. The van der Waals surface area contributed by atoms with Crippen LogP contribution in [0.5, 0.6) is 0 Å². The molecule has 0 saturated carbocycles. The van der Waals surface area contributed by atoms with E-state index in [0.29, 0.717) is 5.92 Å². The molecule has 1 aromatic rings. The number of nitrogens with zero attached hydrogens (tertiary/aromatic N) is 1. The summed E-state index contributed by atoms with van der Waals surface area (Å²) in [5, 5.41) is 0.909. The molecule has 2 nitrogen and oxygen atoms in total. The first-order valence-corrected chi connectivity index (χ1v) is 6.23. The van der Waals surface area contributed by atoms with Crippen molar-refractivity contribution in [2.24, 2.45) is 5.73 Å². The fourth-order valence-corrected chi connectivity index (χ4v) is 3.01. The van der Waals surface area contributed by atoms with E-state index < -0.39 is 0 Å². The molecule has 0 aromatic heterocycles. The molecule has 0 aliphatic carbocycles. The average molecular weight is 239 g/mol. The fraction of sp³-hybridized carbons (Fsp3) is 0.538. The molecule has 1 atom stereocenters. The minimum absolute atomic E-state index is 0.552. The number of aryl methyl sites for hydroxylation is 1. The van der Waals surface area contributed by atoms with Crippen LogP contribution in [-0.4, -0.2) is 20.1 Å². The molecule has 0 bridgehead atoms. The molecule has 0 radical (unpaired) electrons. The Kier molecular flexibility index (Phi) is 3.41. The van der Waals surface area contributed by atoms with Crippen molar-refractivity contribution in [3.63, 3.8) is 0 Å². The number of anilines is 1. The SMILES string of the molecule is Cc1ccc(Cl)c2c1N(C)CC2CCCN. The van der Waals surface area contributed by atoms with Crippen LogP contribution in [0.2, 0.25) is 5.02 Å². The van der Waals surface area contributed by atoms with E-state index in [1.165, 1.54) is 16.8 Å². The Hall–Kier alpha value is -0.730. The Morgan fingerprint density at radius 3 is 2.94 bits per heavy atom. The number of benzene rings is 1. The summed E-state index contributed by atoms with van der Waals surface area (Å²) in [7, 11) is 2.14. The first-order chi connectivity index (χ1) is 7.65. The molecular weight excluding hydrogens is 220 g/mol. The van der Waals surface area contributed by atoms with Gasteiger partial charge in [0, 0.05) is 30.2 Å². The number of fused-ring (bicyclic) bond motifs is 1. The zero-order chi connectivity index (χ0) is 11.7. The van der Waals surface area contributed by atoms with Crippen LogP contribution in [0.15, 0.2) is 12.1 Å². The highest BCUT2D eigenvalue weighted by Gasteiger charge is 2.29. The largest absolute Gasteiger partial charge is 0.373 e. The van der Waals surface area contributed by atoms with Crippen molar-refractivity contribution in [2.45, 2.75) is 25.7 Å². The molecule has 0 amide bonds. The van der Waals surface area contributed by atoms with Gasteiger partial charge in [-0.05, 0) is 43.5 Å². The van der Waals surface area contributed by atoms with Gasteiger partial charge in [-0.2, -0.15) is 0 Å². The maximum Gasteiger partial charge on any atom is 0.0462 e. The van der Waals surface area contributed by atoms with Gasteiger partial charge in [0.2, 0.25) is 0 Å². The van der Waals surface area contributed by atoms with Crippen LogP contribution in [0.1, 0.15) is 29.9 Å². The molecular formula is C13H19ClN2. The van der Waals surface area contributed by atoms with Crippen molar-refractivity contribution in [1.82, 2.24) is 0 Å². The number of likely N-dealkylation sites (N-methyl/N-ethyl adjacent to an activating group) is 1. The predicted molar refractivity (Wildman–Crippen MR) is 70.5 cm³/mol. The summed E-state index contributed by atoms with van der Waals surface area (Å²) >= 11 is 6.32. The van der Waals surface area contributed by atoms with Gasteiger partial charge < -0.3 is 10.6 Å². The molecule has 1 unspecified atom stereocenters. The monoisotopic (exact) mass is 238 g/mol. The summed E-state index contributed by atoms with van der Waals surface area (Å²) in [6.07, 6.45) is 2.21. The van der Waals surface area contributed by atoms with E-state index in [2.05, 4.69) is 24.9 Å². The first-order valence-electron chi connectivity index (χ1n) is 5.85. The van der Waals surface area contributed by atoms with Gasteiger partial charge in [0.25, 0.3) is 0 Å². The van der Waals surface area contributed by atoms with E-state index >= 15 is 0 Å². The lowest BCUT2D eigenvalue weighted by atomic mass is 9.95. The van der Waals surface area contributed by atoms with Gasteiger partial charge in [0.15, 0.2) is 0 Å². The summed E-state index contributed by atoms with van der Waals surface area (Å²) in [6.45, 7) is 3.98. The molecule has 88 valence electrons. The Labute approximate surface area is 102 Å². The lowest BCUT2D eigenvalue weighted by molar-refractivity contribution is 0.621. The van der Waals surface area contributed by atoms with Gasteiger partial charge in [0.05, 0.1) is 0 Å². The van der Waals surface area contributed by atoms with Crippen molar-refractivity contribution in [3.8, 4) is 0 Å². The fourth-order valence-electron chi connectivity index (χ4n) is 2.70. The third-order valence-corrected chi connectivity index (χ3v) is 3.74. The quantitative estimate of drug-likeness (QED) is 0.878. The van der Waals surface area contributed by atoms with Gasteiger partial charge in [-0.3, -0.25) is 0 Å². The molecule has 2 rings (SSSR count). The number of hydrogen-bond acceptors (Lipinski definition) is 2. The highest BCUT2D eigenvalue weighted by Crippen LogP contribution is 2.43. The maximum atomic E-state index is 6.32. The number of rotatable bonds is 3. The van der Waals surface area contributed by atoms with E-state index in [9.17, 15) is 0 Å². The third-order valence-electron chi connectivity index (χ3n) is 3.41. The zero-order valence-electron chi connectivity index (χ0n) is 9.96.